The zero-order chi connectivity index (χ0) is 14.2. The van der Waals surface area contributed by atoms with Crippen LogP contribution in [0, 0.1) is 6.92 Å². The predicted molar refractivity (Wildman–Crippen MR) is 75.9 cm³/mol. The third-order valence-electron chi connectivity index (χ3n) is 3.91. The molecule has 1 fully saturated rings. The summed E-state index contributed by atoms with van der Waals surface area (Å²) in [4.78, 5) is 19.4. The second kappa shape index (κ2) is 4.76. The fourth-order valence-corrected chi connectivity index (χ4v) is 2.86. The van der Waals surface area contributed by atoms with Gasteiger partial charge in [0.05, 0.1) is 11.4 Å². The zero-order valence-electron chi connectivity index (χ0n) is 11.6. The summed E-state index contributed by atoms with van der Waals surface area (Å²) in [5.41, 5.74) is 2.40. The van der Waals surface area contributed by atoms with Crippen LogP contribution in [0.25, 0.3) is 11.1 Å². The summed E-state index contributed by atoms with van der Waals surface area (Å²) >= 11 is 0. The number of hydrogen-bond donors (Lipinski definition) is 0. The molecule has 106 valence electrons. The van der Waals surface area contributed by atoms with E-state index >= 15 is 0 Å². The number of fused-ring (bicyclic) bond motifs is 1. The Balaban J connectivity index is 1.67. The van der Waals surface area contributed by atoms with E-state index in [1.807, 2.05) is 13.1 Å². The van der Waals surface area contributed by atoms with Gasteiger partial charge in [-0.05, 0) is 13.3 Å². The van der Waals surface area contributed by atoms with Crippen LogP contribution in [0.5, 0.6) is 0 Å². The second-order valence-electron chi connectivity index (χ2n) is 5.21. The highest BCUT2D eigenvalue weighted by molar-refractivity contribution is 5.88. The van der Waals surface area contributed by atoms with Gasteiger partial charge < -0.3 is 9.42 Å². The molecule has 3 aromatic heterocycles. The topological polar surface area (TPSA) is 80.8 Å². The zero-order valence-corrected chi connectivity index (χ0v) is 11.6. The van der Waals surface area contributed by atoms with Gasteiger partial charge in [0.25, 0.3) is 5.71 Å². The summed E-state index contributed by atoms with van der Waals surface area (Å²) in [5.74, 6) is 1.27. The van der Waals surface area contributed by atoms with Gasteiger partial charge in [-0.3, -0.25) is 9.97 Å². The lowest BCUT2D eigenvalue weighted by Gasteiger charge is -2.17. The van der Waals surface area contributed by atoms with Crippen LogP contribution in [-0.2, 0) is 0 Å². The lowest BCUT2D eigenvalue weighted by molar-refractivity contribution is 0.442. The molecule has 0 N–H and O–H groups in total. The van der Waals surface area contributed by atoms with Gasteiger partial charge in [0, 0.05) is 37.6 Å². The van der Waals surface area contributed by atoms with Gasteiger partial charge in [0.2, 0.25) is 0 Å². The first-order valence-electron chi connectivity index (χ1n) is 6.91. The standard InChI is InChI=1S/C14H14N6O/c1-9-12-13(17-8-18-14(12)21-19-9)20-5-2-10(7-20)11-6-15-3-4-16-11/h3-4,6,8,10H,2,5,7H2,1H3. The molecule has 3 aromatic rings. The molecule has 7 heteroatoms. The van der Waals surface area contributed by atoms with Crippen LogP contribution in [0.1, 0.15) is 23.7 Å². The van der Waals surface area contributed by atoms with Gasteiger partial charge in [-0.25, -0.2) is 4.98 Å². The average molecular weight is 282 g/mol. The molecule has 0 radical (unpaired) electrons. The Labute approximate surface area is 121 Å². The van der Waals surface area contributed by atoms with Crippen molar-refractivity contribution in [1.29, 1.82) is 0 Å². The van der Waals surface area contributed by atoms with Gasteiger partial charge in [0.15, 0.2) is 0 Å². The van der Waals surface area contributed by atoms with Gasteiger partial charge in [-0.2, -0.15) is 4.98 Å². The lowest BCUT2D eigenvalue weighted by Crippen LogP contribution is -2.21. The van der Waals surface area contributed by atoms with Crippen LogP contribution in [0.3, 0.4) is 0 Å². The molecule has 1 unspecified atom stereocenters. The first kappa shape index (κ1) is 12.2. The molecular weight excluding hydrogens is 268 g/mol. The molecule has 0 bridgehead atoms. The van der Waals surface area contributed by atoms with Crippen molar-refractivity contribution in [1.82, 2.24) is 25.1 Å². The predicted octanol–water partition coefficient (Wildman–Crippen LogP) is 1.71. The first-order valence-corrected chi connectivity index (χ1v) is 6.91. The highest BCUT2D eigenvalue weighted by Gasteiger charge is 2.28. The molecule has 4 rings (SSSR count). The summed E-state index contributed by atoms with van der Waals surface area (Å²) in [6.45, 7) is 3.71. The largest absolute Gasteiger partial charge is 0.355 e. The molecule has 0 saturated carbocycles. The van der Waals surface area contributed by atoms with E-state index in [2.05, 4.69) is 30.0 Å². The summed E-state index contributed by atoms with van der Waals surface area (Å²) in [5, 5.41) is 4.88. The van der Waals surface area contributed by atoms with Gasteiger partial charge in [0.1, 0.15) is 17.5 Å². The van der Waals surface area contributed by atoms with Crippen molar-refractivity contribution in [2.45, 2.75) is 19.3 Å². The van der Waals surface area contributed by atoms with E-state index in [0.29, 0.717) is 11.6 Å². The van der Waals surface area contributed by atoms with Crippen LogP contribution in [0.15, 0.2) is 29.4 Å². The van der Waals surface area contributed by atoms with Crippen molar-refractivity contribution in [3.05, 3.63) is 36.3 Å². The molecule has 1 atom stereocenters. The lowest BCUT2D eigenvalue weighted by atomic mass is 10.1. The van der Waals surface area contributed by atoms with E-state index in [-0.39, 0.29) is 0 Å². The molecule has 4 heterocycles. The second-order valence-corrected chi connectivity index (χ2v) is 5.21. The SMILES string of the molecule is Cc1noc2ncnc(N3CCC(c4cnccn4)C3)c12. The summed E-state index contributed by atoms with van der Waals surface area (Å²) in [6, 6.07) is 0. The van der Waals surface area contributed by atoms with Gasteiger partial charge in [-0.15, -0.1) is 0 Å². The molecule has 7 nitrogen and oxygen atoms in total. The highest BCUT2D eigenvalue weighted by atomic mass is 16.5. The third kappa shape index (κ3) is 2.01. The number of anilines is 1. The molecule has 0 amide bonds. The van der Waals surface area contributed by atoms with E-state index in [4.69, 9.17) is 4.52 Å². The van der Waals surface area contributed by atoms with Gasteiger partial charge in [-0.1, -0.05) is 5.16 Å². The van der Waals surface area contributed by atoms with E-state index in [1.165, 1.54) is 6.33 Å². The van der Waals surface area contributed by atoms with Gasteiger partial charge >= 0.3 is 0 Å². The smallest absolute Gasteiger partial charge is 0.263 e. The summed E-state index contributed by atoms with van der Waals surface area (Å²) in [7, 11) is 0. The number of aryl methyl sites for hydroxylation is 1. The first-order chi connectivity index (χ1) is 10.3. The average Bonchev–Trinajstić information content (AvgIpc) is 3.16. The van der Waals surface area contributed by atoms with Crippen LogP contribution in [0.4, 0.5) is 5.82 Å². The minimum atomic E-state index is 0.379. The van der Waals surface area contributed by atoms with Crippen molar-refractivity contribution in [2.24, 2.45) is 0 Å². The van der Waals surface area contributed by atoms with Crippen molar-refractivity contribution in [2.75, 3.05) is 18.0 Å². The molecule has 1 saturated heterocycles. The van der Waals surface area contributed by atoms with Crippen molar-refractivity contribution < 1.29 is 4.52 Å². The van der Waals surface area contributed by atoms with Crippen LogP contribution < -0.4 is 4.90 Å². The van der Waals surface area contributed by atoms with Crippen molar-refractivity contribution >= 4 is 16.9 Å². The number of rotatable bonds is 2. The molecular formula is C14H14N6O. The van der Waals surface area contributed by atoms with E-state index in [0.717, 1.165) is 42.1 Å². The minimum Gasteiger partial charge on any atom is -0.355 e. The molecule has 1 aliphatic heterocycles. The fraction of sp³-hybridized carbons (Fsp3) is 0.357. The van der Waals surface area contributed by atoms with Crippen LogP contribution in [0.2, 0.25) is 0 Å². The Bertz CT molecular complexity index is 771. The van der Waals surface area contributed by atoms with Crippen LogP contribution >= 0.6 is 0 Å². The number of nitrogens with zero attached hydrogens (tertiary/aromatic N) is 6. The van der Waals surface area contributed by atoms with Crippen LogP contribution in [-0.4, -0.2) is 38.2 Å². The van der Waals surface area contributed by atoms with Crippen molar-refractivity contribution in [3.63, 3.8) is 0 Å². The molecule has 0 aliphatic carbocycles. The fourth-order valence-electron chi connectivity index (χ4n) is 2.86. The maximum absolute atomic E-state index is 5.21. The van der Waals surface area contributed by atoms with E-state index in [1.54, 1.807) is 12.4 Å². The number of hydrogen-bond acceptors (Lipinski definition) is 7. The Morgan fingerprint density at radius 2 is 2.19 bits per heavy atom. The minimum absolute atomic E-state index is 0.379. The maximum Gasteiger partial charge on any atom is 0.263 e. The maximum atomic E-state index is 5.21. The molecule has 0 aromatic carbocycles. The van der Waals surface area contributed by atoms with Crippen molar-refractivity contribution in [3.8, 4) is 0 Å². The summed E-state index contributed by atoms with van der Waals surface area (Å²) in [6.07, 6.45) is 7.84. The Kier molecular flexibility index (Phi) is 2.77. The van der Waals surface area contributed by atoms with E-state index in [9.17, 15) is 0 Å². The highest BCUT2D eigenvalue weighted by Crippen LogP contribution is 2.32. The third-order valence-corrected chi connectivity index (χ3v) is 3.91. The molecule has 21 heavy (non-hydrogen) atoms. The normalized spacial score (nSPS) is 18.5. The quantitative estimate of drug-likeness (QED) is 0.707. The Hall–Kier alpha value is -2.57. The molecule has 1 aliphatic rings. The van der Waals surface area contributed by atoms with E-state index < -0.39 is 0 Å². The Morgan fingerprint density at radius 3 is 3.05 bits per heavy atom. The Morgan fingerprint density at radius 1 is 1.24 bits per heavy atom. The number of aromatic nitrogens is 5. The monoisotopic (exact) mass is 282 g/mol. The molecule has 0 spiro atoms. The summed E-state index contributed by atoms with van der Waals surface area (Å²) < 4.78 is 5.21.